The number of fused-ring (bicyclic) bond motifs is 1. The van der Waals surface area contributed by atoms with Crippen molar-refractivity contribution in [3.05, 3.63) is 51.2 Å². The summed E-state index contributed by atoms with van der Waals surface area (Å²) in [7, 11) is 0. The summed E-state index contributed by atoms with van der Waals surface area (Å²) in [6.45, 7) is 3.00. The maximum atomic E-state index is 5.51. The fourth-order valence-electron chi connectivity index (χ4n) is 2.13. The molecular weight excluding hydrogens is 216 g/mol. The molecule has 0 N–H and O–H groups in total. The van der Waals surface area contributed by atoms with Crippen molar-refractivity contribution in [1.29, 1.82) is 0 Å². The maximum absolute atomic E-state index is 5.51. The third-order valence-electron chi connectivity index (χ3n) is 2.93. The molecule has 1 nitrogen and oxygen atoms in total. The number of benzene rings is 1. The number of ether oxygens (including phenoxy) is 1. The Balaban J connectivity index is 1.85. The molecule has 0 saturated carbocycles. The molecule has 1 aliphatic rings. The summed E-state index contributed by atoms with van der Waals surface area (Å²) >= 11 is 1.88. The van der Waals surface area contributed by atoms with Gasteiger partial charge in [0.25, 0.3) is 0 Å². The Morgan fingerprint density at radius 1 is 1.25 bits per heavy atom. The summed E-state index contributed by atoms with van der Waals surface area (Å²) in [6, 6.07) is 11.0. The molecule has 0 spiro atoms. The van der Waals surface area contributed by atoms with Crippen LogP contribution in [0.1, 0.15) is 20.9 Å². The van der Waals surface area contributed by atoms with E-state index in [1.165, 1.54) is 20.9 Å². The van der Waals surface area contributed by atoms with Gasteiger partial charge in [-0.2, -0.15) is 0 Å². The van der Waals surface area contributed by atoms with E-state index in [0.717, 1.165) is 25.2 Å². The van der Waals surface area contributed by atoms with E-state index in [0.29, 0.717) is 0 Å². The Morgan fingerprint density at radius 3 is 3.00 bits per heavy atom. The molecule has 0 radical (unpaired) electrons. The smallest absolute Gasteiger partial charge is 0.122 e. The monoisotopic (exact) mass is 230 g/mol. The summed E-state index contributed by atoms with van der Waals surface area (Å²) in [4.78, 5) is 2.83. The van der Waals surface area contributed by atoms with Gasteiger partial charge in [-0.15, -0.1) is 11.3 Å². The average molecular weight is 230 g/mol. The first-order valence-electron chi connectivity index (χ1n) is 5.61. The van der Waals surface area contributed by atoms with Gasteiger partial charge < -0.3 is 4.74 Å². The highest BCUT2D eigenvalue weighted by molar-refractivity contribution is 7.11. The predicted octanol–water partition coefficient (Wildman–Crippen LogP) is 3.58. The molecule has 2 heterocycles. The first-order chi connectivity index (χ1) is 7.81. The lowest BCUT2D eigenvalue weighted by Crippen LogP contribution is -1.86. The highest BCUT2D eigenvalue weighted by atomic mass is 32.1. The zero-order valence-corrected chi connectivity index (χ0v) is 10.1. The molecule has 2 aromatic rings. The molecule has 0 fully saturated rings. The average Bonchev–Trinajstić information content (AvgIpc) is 2.87. The van der Waals surface area contributed by atoms with Crippen molar-refractivity contribution >= 4 is 11.3 Å². The van der Waals surface area contributed by atoms with Gasteiger partial charge in [-0.25, -0.2) is 0 Å². The molecule has 82 valence electrons. The van der Waals surface area contributed by atoms with E-state index >= 15 is 0 Å². The largest absolute Gasteiger partial charge is 0.493 e. The molecule has 0 bridgehead atoms. The Hall–Kier alpha value is -1.28. The standard InChI is InChI=1S/C14H14OS/c1-10-2-4-13(16-10)9-11-3-5-14-12(8-11)6-7-15-14/h2-5,8H,6-7,9H2,1H3. The second kappa shape index (κ2) is 3.95. The molecule has 1 aliphatic heterocycles. The Labute approximate surface area is 99.7 Å². The number of thiophene rings is 1. The SMILES string of the molecule is Cc1ccc(Cc2ccc3c(c2)CCO3)s1. The fourth-order valence-corrected chi connectivity index (χ4v) is 3.06. The molecule has 0 amide bonds. The van der Waals surface area contributed by atoms with Crippen LogP contribution in [-0.2, 0) is 12.8 Å². The topological polar surface area (TPSA) is 9.23 Å². The van der Waals surface area contributed by atoms with Crippen molar-refractivity contribution in [2.45, 2.75) is 19.8 Å². The van der Waals surface area contributed by atoms with Crippen LogP contribution in [-0.4, -0.2) is 6.61 Å². The minimum Gasteiger partial charge on any atom is -0.493 e. The molecule has 16 heavy (non-hydrogen) atoms. The lowest BCUT2D eigenvalue weighted by molar-refractivity contribution is 0.357. The summed E-state index contributed by atoms with van der Waals surface area (Å²) < 4.78 is 5.51. The minimum atomic E-state index is 0.844. The van der Waals surface area contributed by atoms with E-state index in [1.807, 2.05) is 11.3 Å². The van der Waals surface area contributed by atoms with Crippen LogP contribution in [0.2, 0.25) is 0 Å². The van der Waals surface area contributed by atoms with Gasteiger partial charge in [0.2, 0.25) is 0 Å². The number of hydrogen-bond acceptors (Lipinski definition) is 2. The van der Waals surface area contributed by atoms with Crippen LogP contribution in [0.15, 0.2) is 30.3 Å². The van der Waals surface area contributed by atoms with Gasteiger partial charge in [-0.1, -0.05) is 12.1 Å². The van der Waals surface area contributed by atoms with Gasteiger partial charge in [0.15, 0.2) is 0 Å². The second-order valence-electron chi connectivity index (χ2n) is 4.23. The third kappa shape index (κ3) is 1.85. The first kappa shape index (κ1) is 9.91. The molecule has 0 saturated heterocycles. The number of hydrogen-bond donors (Lipinski definition) is 0. The molecule has 3 rings (SSSR count). The van der Waals surface area contributed by atoms with Crippen LogP contribution in [0.4, 0.5) is 0 Å². The van der Waals surface area contributed by atoms with Crippen molar-refractivity contribution in [3.63, 3.8) is 0 Å². The third-order valence-corrected chi connectivity index (χ3v) is 3.93. The van der Waals surface area contributed by atoms with E-state index < -0.39 is 0 Å². The van der Waals surface area contributed by atoms with Crippen molar-refractivity contribution in [3.8, 4) is 5.75 Å². The number of rotatable bonds is 2. The summed E-state index contributed by atoms with van der Waals surface area (Å²) in [5.74, 6) is 1.08. The van der Waals surface area contributed by atoms with Crippen molar-refractivity contribution in [2.75, 3.05) is 6.61 Å². The molecular formula is C14H14OS. The first-order valence-corrected chi connectivity index (χ1v) is 6.43. The molecule has 0 aliphatic carbocycles. The Kier molecular flexibility index (Phi) is 2.44. The van der Waals surface area contributed by atoms with Crippen molar-refractivity contribution in [2.24, 2.45) is 0 Å². The quantitative estimate of drug-likeness (QED) is 0.766. The highest BCUT2D eigenvalue weighted by Gasteiger charge is 2.12. The van der Waals surface area contributed by atoms with Gasteiger partial charge >= 0.3 is 0 Å². The Morgan fingerprint density at radius 2 is 2.19 bits per heavy atom. The van der Waals surface area contributed by atoms with Crippen LogP contribution < -0.4 is 4.74 Å². The summed E-state index contributed by atoms with van der Waals surface area (Å²) in [5, 5.41) is 0. The van der Waals surface area contributed by atoms with Crippen LogP contribution in [0, 0.1) is 6.92 Å². The lowest BCUT2D eigenvalue weighted by Gasteiger charge is -2.02. The Bertz CT molecular complexity index is 513. The zero-order valence-electron chi connectivity index (χ0n) is 9.32. The maximum Gasteiger partial charge on any atom is 0.122 e. The van der Waals surface area contributed by atoms with E-state index in [4.69, 9.17) is 4.74 Å². The zero-order chi connectivity index (χ0) is 11.0. The van der Waals surface area contributed by atoms with Gasteiger partial charge in [0, 0.05) is 22.6 Å². The van der Waals surface area contributed by atoms with Crippen LogP contribution in [0.25, 0.3) is 0 Å². The van der Waals surface area contributed by atoms with E-state index in [-0.39, 0.29) is 0 Å². The molecule has 0 atom stereocenters. The second-order valence-corrected chi connectivity index (χ2v) is 5.60. The fraction of sp³-hybridized carbons (Fsp3) is 0.286. The number of aryl methyl sites for hydroxylation is 1. The highest BCUT2D eigenvalue weighted by Crippen LogP contribution is 2.27. The molecule has 1 aromatic carbocycles. The predicted molar refractivity (Wildman–Crippen MR) is 67.5 cm³/mol. The van der Waals surface area contributed by atoms with Gasteiger partial charge in [0.1, 0.15) is 5.75 Å². The normalized spacial score (nSPS) is 13.6. The van der Waals surface area contributed by atoms with Gasteiger partial charge in [-0.3, -0.25) is 0 Å². The summed E-state index contributed by atoms with van der Waals surface area (Å²) in [5.41, 5.74) is 2.76. The van der Waals surface area contributed by atoms with E-state index in [9.17, 15) is 0 Å². The van der Waals surface area contributed by atoms with Crippen molar-refractivity contribution < 1.29 is 4.74 Å². The van der Waals surface area contributed by atoms with Crippen molar-refractivity contribution in [1.82, 2.24) is 0 Å². The van der Waals surface area contributed by atoms with E-state index in [2.05, 4.69) is 37.3 Å². The molecule has 2 heteroatoms. The molecule has 0 unspecified atom stereocenters. The minimum absolute atomic E-state index is 0.844. The van der Waals surface area contributed by atoms with Gasteiger partial charge in [0.05, 0.1) is 6.61 Å². The van der Waals surface area contributed by atoms with E-state index in [1.54, 1.807) is 0 Å². The lowest BCUT2D eigenvalue weighted by atomic mass is 10.1. The summed E-state index contributed by atoms with van der Waals surface area (Å²) in [6.07, 6.45) is 2.11. The van der Waals surface area contributed by atoms with Crippen LogP contribution in [0.5, 0.6) is 5.75 Å². The van der Waals surface area contributed by atoms with Crippen LogP contribution in [0.3, 0.4) is 0 Å². The van der Waals surface area contributed by atoms with Gasteiger partial charge in [-0.05, 0) is 36.2 Å². The van der Waals surface area contributed by atoms with Crippen LogP contribution >= 0.6 is 11.3 Å². The molecule has 1 aromatic heterocycles.